The Bertz CT molecular complexity index is 3580. The van der Waals surface area contributed by atoms with Crippen LogP contribution in [0.2, 0.25) is 0 Å². The number of para-hydroxylation sites is 4. The number of anilines is 6. The van der Waals surface area contributed by atoms with Crippen LogP contribution in [0.4, 0.5) is 34.1 Å². The second-order valence-electron chi connectivity index (χ2n) is 17.1. The molecule has 0 saturated heterocycles. The Morgan fingerprint density at radius 3 is 1.73 bits per heavy atom. The summed E-state index contributed by atoms with van der Waals surface area (Å²) in [5.41, 5.74) is 10.6. The van der Waals surface area contributed by atoms with Crippen LogP contribution in [0, 0.1) is 0 Å². The van der Waals surface area contributed by atoms with Crippen LogP contribution in [-0.2, 0) is 0 Å². The molecule has 3 heterocycles. The van der Waals surface area contributed by atoms with Crippen LogP contribution in [0.3, 0.4) is 0 Å². The third-order valence-electron chi connectivity index (χ3n) is 14.1. The van der Waals surface area contributed by atoms with E-state index in [1.54, 1.807) is 0 Å². The van der Waals surface area contributed by atoms with Crippen LogP contribution < -0.4 is 51.7 Å². The van der Waals surface area contributed by atoms with Crippen molar-refractivity contribution in [3.63, 3.8) is 0 Å². The molecule has 0 amide bonds. The maximum atomic E-state index is 7.49. The van der Waals surface area contributed by atoms with Gasteiger partial charge < -0.3 is 14.5 Å². The molecule has 3 nitrogen and oxygen atoms in total. The van der Waals surface area contributed by atoms with Crippen molar-refractivity contribution >= 4 is 118 Å². The Morgan fingerprint density at radius 1 is 0.397 bits per heavy atom. The SMILES string of the molecule is c1ccc(N2c3ccccc3B3c4ccccc4[Si](c4ccccc4)(c4ccccc4)c4cc5c(c2c43)Oc2ccccc2N5c2ccc3ccc4cccc5ccc2c3c45)cc1. The Hall–Kier alpha value is -7.86. The highest BCUT2D eigenvalue weighted by Crippen LogP contribution is 2.57. The molecule has 0 bridgehead atoms. The molecule has 292 valence electrons. The minimum absolute atomic E-state index is 0.0236. The zero-order valence-corrected chi connectivity index (χ0v) is 35.2. The molecule has 3 aliphatic rings. The highest BCUT2D eigenvalue weighted by molar-refractivity contribution is 7.26. The van der Waals surface area contributed by atoms with Gasteiger partial charge in [-0.1, -0.05) is 187 Å². The fourth-order valence-corrected chi connectivity index (χ4v) is 16.9. The Labute approximate surface area is 367 Å². The van der Waals surface area contributed by atoms with E-state index in [1.807, 2.05) is 0 Å². The molecule has 0 saturated carbocycles. The summed E-state index contributed by atoms with van der Waals surface area (Å²) in [6, 6.07) is 83.8. The molecule has 11 aromatic carbocycles. The van der Waals surface area contributed by atoms with Crippen molar-refractivity contribution in [2.45, 2.75) is 0 Å². The van der Waals surface area contributed by atoms with Crippen molar-refractivity contribution in [3.05, 3.63) is 224 Å². The highest BCUT2D eigenvalue weighted by atomic mass is 28.3. The van der Waals surface area contributed by atoms with Gasteiger partial charge in [0.2, 0.25) is 6.71 Å². The summed E-state index contributed by atoms with van der Waals surface area (Å²) in [6.07, 6.45) is 0. The number of fused-ring (bicyclic) bond motifs is 7. The van der Waals surface area contributed by atoms with Gasteiger partial charge in [0.15, 0.2) is 19.6 Å². The first-order valence-electron chi connectivity index (χ1n) is 21.9. The third kappa shape index (κ3) is 4.64. The minimum Gasteiger partial charge on any atom is -0.451 e. The number of hydrogen-bond acceptors (Lipinski definition) is 3. The van der Waals surface area contributed by atoms with Gasteiger partial charge in [-0.2, -0.15) is 0 Å². The minimum atomic E-state index is -3.08. The zero-order chi connectivity index (χ0) is 41.2. The average molecular weight is 817 g/mol. The number of hydrogen-bond donors (Lipinski definition) is 0. The number of nitrogens with zero attached hydrogens (tertiary/aromatic N) is 2. The number of ether oxygens (including phenoxy) is 1. The molecule has 0 spiro atoms. The summed E-state index contributed by atoms with van der Waals surface area (Å²) in [5, 5.41) is 13.1. The van der Waals surface area contributed by atoms with E-state index >= 15 is 0 Å². The maximum absolute atomic E-state index is 7.49. The van der Waals surface area contributed by atoms with E-state index in [4.69, 9.17) is 4.74 Å². The van der Waals surface area contributed by atoms with Gasteiger partial charge in [-0.15, -0.1) is 0 Å². The van der Waals surface area contributed by atoms with Gasteiger partial charge in [-0.25, -0.2) is 0 Å². The lowest BCUT2D eigenvalue weighted by atomic mass is 9.34. The second-order valence-corrected chi connectivity index (χ2v) is 20.8. The molecule has 11 aromatic rings. The lowest BCUT2D eigenvalue weighted by molar-refractivity contribution is 0.478. The predicted molar refractivity (Wildman–Crippen MR) is 268 cm³/mol. The van der Waals surface area contributed by atoms with E-state index < -0.39 is 8.07 Å². The normalized spacial score (nSPS) is 14.2. The molecule has 0 radical (unpaired) electrons. The van der Waals surface area contributed by atoms with Crippen LogP contribution >= 0.6 is 0 Å². The van der Waals surface area contributed by atoms with Crippen LogP contribution in [-0.4, -0.2) is 14.8 Å². The van der Waals surface area contributed by atoms with Crippen LogP contribution in [0.5, 0.6) is 11.5 Å². The molecule has 0 aliphatic carbocycles. The van der Waals surface area contributed by atoms with Crippen molar-refractivity contribution < 1.29 is 4.74 Å². The molecule has 3 aliphatic heterocycles. The average Bonchev–Trinajstić information content (AvgIpc) is 3.36. The predicted octanol–water partition coefficient (Wildman–Crippen LogP) is 10.1. The maximum Gasteiger partial charge on any atom is 0.246 e. The van der Waals surface area contributed by atoms with Crippen LogP contribution in [0.1, 0.15) is 0 Å². The van der Waals surface area contributed by atoms with Crippen molar-refractivity contribution in [1.82, 2.24) is 0 Å². The van der Waals surface area contributed by atoms with Gasteiger partial charge in [-0.3, -0.25) is 0 Å². The quantitative estimate of drug-likeness (QED) is 0.130. The molecule has 0 fully saturated rings. The van der Waals surface area contributed by atoms with E-state index in [0.29, 0.717) is 0 Å². The van der Waals surface area contributed by atoms with Gasteiger partial charge in [-0.05, 0) is 101 Å². The van der Waals surface area contributed by atoms with Gasteiger partial charge in [0.1, 0.15) is 0 Å². The van der Waals surface area contributed by atoms with Gasteiger partial charge in [0.05, 0.1) is 22.7 Å². The Kier molecular flexibility index (Phi) is 7.22. The monoisotopic (exact) mass is 816 g/mol. The van der Waals surface area contributed by atoms with Crippen LogP contribution in [0.15, 0.2) is 224 Å². The second kappa shape index (κ2) is 13.1. The highest BCUT2D eigenvalue weighted by Gasteiger charge is 2.55. The summed E-state index contributed by atoms with van der Waals surface area (Å²) in [4.78, 5) is 5.02. The molecule has 14 rings (SSSR count). The summed E-state index contributed by atoms with van der Waals surface area (Å²) in [5.74, 6) is 1.70. The van der Waals surface area contributed by atoms with Gasteiger partial charge in [0.25, 0.3) is 0 Å². The first-order valence-corrected chi connectivity index (χ1v) is 23.9. The fourth-order valence-electron chi connectivity index (χ4n) is 11.7. The summed E-state index contributed by atoms with van der Waals surface area (Å²) < 4.78 is 7.49. The van der Waals surface area contributed by atoms with E-state index in [1.165, 1.54) is 75.1 Å². The van der Waals surface area contributed by atoms with Crippen molar-refractivity contribution in [3.8, 4) is 11.5 Å². The van der Waals surface area contributed by atoms with Crippen LogP contribution in [0.25, 0.3) is 32.3 Å². The fraction of sp³-hybridized carbons (Fsp3) is 0. The summed E-state index contributed by atoms with van der Waals surface area (Å²) in [6.45, 7) is -0.0236. The Balaban J connectivity index is 1.19. The van der Waals surface area contributed by atoms with Crippen molar-refractivity contribution in [2.24, 2.45) is 0 Å². The molecule has 0 unspecified atom stereocenters. The standard InChI is InChI=1S/C58H37BN2OSi/c1-4-19-41(20-5-1)60-48-27-12-10-25-45(48)59-46-26-11-15-30-52(46)63(42-21-6-2-7-22-42,43-23-8-3-9-24-43)53-37-50-58(57(60)56(53)59)62-51-29-14-13-28-49(51)61(50)47-36-34-40-32-31-38-17-16-18-39-33-35-44(47)55(40)54(38)39/h1-37H. The lowest BCUT2D eigenvalue weighted by Gasteiger charge is -2.49. The summed E-state index contributed by atoms with van der Waals surface area (Å²) >= 11 is 0. The first kappa shape index (κ1) is 34.8. The van der Waals surface area contributed by atoms with E-state index in [9.17, 15) is 0 Å². The Morgan fingerprint density at radius 2 is 0.984 bits per heavy atom. The smallest absolute Gasteiger partial charge is 0.246 e. The molecular weight excluding hydrogens is 780 g/mol. The molecular formula is C58H37BN2OSi. The number of rotatable bonds is 4. The largest absolute Gasteiger partial charge is 0.451 e. The van der Waals surface area contributed by atoms with E-state index in [-0.39, 0.29) is 6.71 Å². The molecule has 5 heteroatoms. The number of benzene rings is 11. The van der Waals surface area contributed by atoms with Gasteiger partial charge >= 0.3 is 0 Å². The van der Waals surface area contributed by atoms with E-state index in [2.05, 4.69) is 234 Å². The van der Waals surface area contributed by atoms with Gasteiger partial charge in [0, 0.05) is 16.8 Å². The molecule has 0 aromatic heterocycles. The van der Waals surface area contributed by atoms with Crippen molar-refractivity contribution in [1.29, 1.82) is 0 Å². The molecule has 0 N–H and O–H groups in total. The molecule has 63 heavy (non-hydrogen) atoms. The van der Waals surface area contributed by atoms with E-state index in [0.717, 1.165) is 39.9 Å². The third-order valence-corrected chi connectivity index (χ3v) is 19.0. The summed E-state index contributed by atoms with van der Waals surface area (Å²) in [7, 11) is -3.08. The van der Waals surface area contributed by atoms with Crippen molar-refractivity contribution in [2.75, 3.05) is 9.80 Å². The molecule has 0 atom stereocenters. The zero-order valence-electron chi connectivity index (χ0n) is 34.2. The lowest BCUT2D eigenvalue weighted by Crippen LogP contribution is -2.87. The topological polar surface area (TPSA) is 15.7 Å². The first-order chi connectivity index (χ1) is 31.3.